The molecular weight excluding hydrogens is 224 g/mol. The van der Waals surface area contributed by atoms with Crippen molar-refractivity contribution in [2.24, 2.45) is 0 Å². The van der Waals surface area contributed by atoms with Crippen molar-refractivity contribution in [1.29, 1.82) is 0 Å². The summed E-state index contributed by atoms with van der Waals surface area (Å²) in [6.07, 6.45) is 6.01. The number of ether oxygens (including phenoxy) is 1. The van der Waals surface area contributed by atoms with Gasteiger partial charge in [-0.15, -0.1) is 0 Å². The molecule has 2 aliphatic heterocycles. The first-order valence-electron chi connectivity index (χ1n) is 7.84. The van der Waals surface area contributed by atoms with Crippen molar-refractivity contribution >= 4 is 0 Å². The molecular formula is C15H30N2O. The van der Waals surface area contributed by atoms with Crippen molar-refractivity contribution in [2.75, 3.05) is 26.2 Å². The second-order valence-electron chi connectivity index (χ2n) is 5.94. The van der Waals surface area contributed by atoms with Crippen LogP contribution in [0.5, 0.6) is 0 Å². The molecule has 2 rings (SSSR count). The maximum absolute atomic E-state index is 6.10. The summed E-state index contributed by atoms with van der Waals surface area (Å²) < 4.78 is 6.10. The van der Waals surface area contributed by atoms with Gasteiger partial charge in [-0.1, -0.05) is 20.8 Å². The molecule has 2 unspecified atom stereocenters. The van der Waals surface area contributed by atoms with Gasteiger partial charge in [0.15, 0.2) is 0 Å². The van der Waals surface area contributed by atoms with Crippen LogP contribution < -0.4 is 5.32 Å². The molecule has 0 amide bonds. The van der Waals surface area contributed by atoms with Gasteiger partial charge in [0.2, 0.25) is 0 Å². The maximum Gasteiger partial charge on any atom is 0.0692 e. The van der Waals surface area contributed by atoms with Gasteiger partial charge in [-0.05, 0) is 32.1 Å². The monoisotopic (exact) mass is 254 g/mol. The largest absolute Gasteiger partial charge is 0.375 e. The van der Waals surface area contributed by atoms with E-state index in [0.29, 0.717) is 6.04 Å². The van der Waals surface area contributed by atoms with E-state index in [1.165, 1.54) is 32.4 Å². The lowest BCUT2D eigenvalue weighted by Crippen LogP contribution is -2.57. The van der Waals surface area contributed by atoms with E-state index in [4.69, 9.17) is 4.74 Å². The molecule has 0 aromatic rings. The molecule has 18 heavy (non-hydrogen) atoms. The number of nitrogens with one attached hydrogen (secondary N) is 1. The molecule has 106 valence electrons. The van der Waals surface area contributed by atoms with E-state index >= 15 is 0 Å². The van der Waals surface area contributed by atoms with Crippen LogP contribution >= 0.6 is 0 Å². The summed E-state index contributed by atoms with van der Waals surface area (Å²) in [4.78, 5) is 2.72. The maximum atomic E-state index is 6.10. The number of hydrogen-bond donors (Lipinski definition) is 1. The van der Waals surface area contributed by atoms with Crippen LogP contribution in [-0.4, -0.2) is 48.8 Å². The fourth-order valence-electron chi connectivity index (χ4n) is 3.51. The smallest absolute Gasteiger partial charge is 0.0692 e. The molecule has 0 radical (unpaired) electrons. The fraction of sp³-hybridized carbons (Fsp3) is 1.00. The Hall–Kier alpha value is -0.120. The first-order chi connectivity index (χ1) is 8.73. The average molecular weight is 254 g/mol. The molecule has 2 heterocycles. The van der Waals surface area contributed by atoms with E-state index < -0.39 is 0 Å². The summed E-state index contributed by atoms with van der Waals surface area (Å²) in [7, 11) is 0. The quantitative estimate of drug-likeness (QED) is 0.834. The van der Waals surface area contributed by atoms with Crippen LogP contribution in [0.3, 0.4) is 0 Å². The zero-order chi connectivity index (χ0) is 13.0. The second-order valence-corrected chi connectivity index (χ2v) is 5.94. The summed E-state index contributed by atoms with van der Waals surface area (Å²) in [5.41, 5.74) is 0.162. The molecule has 3 nitrogen and oxygen atoms in total. The van der Waals surface area contributed by atoms with Gasteiger partial charge in [-0.25, -0.2) is 0 Å². The SMILES string of the molecule is CCC1CN(C2CCOC(CC)(CC)C2)CCN1. The highest BCUT2D eigenvalue weighted by atomic mass is 16.5. The first-order valence-corrected chi connectivity index (χ1v) is 7.84. The van der Waals surface area contributed by atoms with Crippen molar-refractivity contribution < 1.29 is 4.74 Å². The van der Waals surface area contributed by atoms with Gasteiger partial charge in [0.1, 0.15) is 0 Å². The van der Waals surface area contributed by atoms with Crippen LogP contribution in [0.15, 0.2) is 0 Å². The van der Waals surface area contributed by atoms with Crippen molar-refractivity contribution in [3.63, 3.8) is 0 Å². The van der Waals surface area contributed by atoms with Crippen LogP contribution in [0, 0.1) is 0 Å². The minimum atomic E-state index is 0.162. The number of piperazine rings is 1. The summed E-state index contributed by atoms with van der Waals surface area (Å²) in [5, 5.41) is 3.61. The molecule has 2 saturated heterocycles. The highest BCUT2D eigenvalue weighted by molar-refractivity contribution is 4.91. The molecule has 0 aromatic carbocycles. The third kappa shape index (κ3) is 3.06. The Morgan fingerprint density at radius 1 is 1.28 bits per heavy atom. The van der Waals surface area contributed by atoms with Crippen LogP contribution in [0.1, 0.15) is 52.9 Å². The van der Waals surface area contributed by atoms with Crippen molar-refractivity contribution in [3.8, 4) is 0 Å². The van der Waals surface area contributed by atoms with E-state index in [0.717, 1.165) is 32.0 Å². The lowest BCUT2D eigenvalue weighted by atomic mass is 9.85. The summed E-state index contributed by atoms with van der Waals surface area (Å²) in [5.74, 6) is 0. The Labute approximate surface area is 112 Å². The summed E-state index contributed by atoms with van der Waals surface area (Å²) >= 11 is 0. The van der Waals surface area contributed by atoms with Crippen molar-refractivity contribution in [3.05, 3.63) is 0 Å². The first kappa shape index (κ1) is 14.3. The minimum Gasteiger partial charge on any atom is -0.375 e. The molecule has 3 heteroatoms. The van der Waals surface area contributed by atoms with Crippen LogP contribution in [-0.2, 0) is 4.74 Å². The Kier molecular flexibility index (Phi) is 5.05. The van der Waals surface area contributed by atoms with Gasteiger partial charge < -0.3 is 10.1 Å². The number of rotatable bonds is 4. The van der Waals surface area contributed by atoms with Gasteiger partial charge in [-0.2, -0.15) is 0 Å². The zero-order valence-corrected chi connectivity index (χ0v) is 12.4. The summed E-state index contributed by atoms with van der Waals surface area (Å²) in [6, 6.07) is 1.44. The zero-order valence-electron chi connectivity index (χ0n) is 12.4. The van der Waals surface area contributed by atoms with Crippen LogP contribution in [0.4, 0.5) is 0 Å². The topological polar surface area (TPSA) is 24.5 Å². The molecule has 0 saturated carbocycles. The Balaban J connectivity index is 1.95. The third-order valence-electron chi connectivity index (χ3n) is 5.05. The van der Waals surface area contributed by atoms with Crippen LogP contribution in [0.25, 0.3) is 0 Å². The molecule has 1 N–H and O–H groups in total. The van der Waals surface area contributed by atoms with Gasteiger partial charge in [0, 0.05) is 38.3 Å². The number of nitrogens with zero attached hydrogens (tertiary/aromatic N) is 1. The normalized spacial score (nSPS) is 33.5. The van der Waals surface area contributed by atoms with E-state index in [9.17, 15) is 0 Å². The lowest BCUT2D eigenvalue weighted by Gasteiger charge is -2.46. The fourth-order valence-corrected chi connectivity index (χ4v) is 3.51. The highest BCUT2D eigenvalue weighted by Gasteiger charge is 2.37. The van der Waals surface area contributed by atoms with Gasteiger partial charge in [0.25, 0.3) is 0 Å². The Morgan fingerprint density at radius 2 is 2.06 bits per heavy atom. The lowest BCUT2D eigenvalue weighted by molar-refractivity contribution is -0.112. The third-order valence-corrected chi connectivity index (χ3v) is 5.05. The molecule has 0 spiro atoms. The van der Waals surface area contributed by atoms with E-state index in [2.05, 4.69) is 31.0 Å². The van der Waals surface area contributed by atoms with E-state index in [-0.39, 0.29) is 5.60 Å². The predicted octanol–water partition coefficient (Wildman–Crippen LogP) is 2.41. The second kappa shape index (κ2) is 6.36. The molecule has 0 aromatic heterocycles. The standard InChI is InChI=1S/C15H30N2O/c1-4-13-12-17(9-8-16-13)14-7-10-18-15(5-2,6-3)11-14/h13-14,16H,4-12H2,1-3H3. The van der Waals surface area contributed by atoms with Gasteiger partial charge in [0.05, 0.1) is 5.60 Å². The van der Waals surface area contributed by atoms with Crippen molar-refractivity contribution in [2.45, 2.75) is 70.6 Å². The van der Waals surface area contributed by atoms with Gasteiger partial charge in [-0.3, -0.25) is 4.90 Å². The Bertz CT molecular complexity index is 253. The predicted molar refractivity (Wildman–Crippen MR) is 75.9 cm³/mol. The minimum absolute atomic E-state index is 0.162. The molecule has 2 fully saturated rings. The van der Waals surface area contributed by atoms with E-state index in [1.807, 2.05) is 0 Å². The molecule has 0 aliphatic carbocycles. The molecule has 0 bridgehead atoms. The van der Waals surface area contributed by atoms with Gasteiger partial charge >= 0.3 is 0 Å². The van der Waals surface area contributed by atoms with Crippen LogP contribution in [0.2, 0.25) is 0 Å². The Morgan fingerprint density at radius 3 is 2.72 bits per heavy atom. The average Bonchev–Trinajstić information content (AvgIpc) is 2.47. The molecule has 2 atom stereocenters. The number of hydrogen-bond acceptors (Lipinski definition) is 3. The highest BCUT2D eigenvalue weighted by Crippen LogP contribution is 2.33. The molecule has 2 aliphatic rings. The van der Waals surface area contributed by atoms with Crippen molar-refractivity contribution in [1.82, 2.24) is 10.2 Å². The van der Waals surface area contributed by atoms with E-state index in [1.54, 1.807) is 0 Å². The summed E-state index contributed by atoms with van der Waals surface area (Å²) in [6.45, 7) is 11.4.